The normalized spacial score (nSPS) is 14.7. The quantitative estimate of drug-likeness (QED) is 0.476. The lowest BCUT2D eigenvalue weighted by molar-refractivity contribution is -0.127. The molecule has 0 aliphatic carbocycles. The zero-order chi connectivity index (χ0) is 8.85. The zero-order valence-corrected chi connectivity index (χ0v) is 5.98. The van der Waals surface area contributed by atoms with Gasteiger partial charge in [0.05, 0.1) is 0 Å². The molecular formula is C6H9NO4. The SMILES string of the molecule is CC(=O)NC(C=O)C(O)C=O. The van der Waals surface area contributed by atoms with E-state index in [0.29, 0.717) is 6.29 Å². The van der Waals surface area contributed by atoms with Crippen LogP contribution in [0.4, 0.5) is 0 Å². The third-order valence-corrected chi connectivity index (χ3v) is 1.02. The van der Waals surface area contributed by atoms with Crippen LogP contribution in [0.5, 0.6) is 0 Å². The summed E-state index contributed by atoms with van der Waals surface area (Å²) >= 11 is 0. The van der Waals surface area contributed by atoms with E-state index in [1.165, 1.54) is 6.92 Å². The molecule has 5 nitrogen and oxygen atoms in total. The van der Waals surface area contributed by atoms with Gasteiger partial charge in [-0.2, -0.15) is 0 Å². The Labute approximate surface area is 63.4 Å². The number of amides is 1. The summed E-state index contributed by atoms with van der Waals surface area (Å²) < 4.78 is 0. The number of aldehydes is 2. The molecule has 0 aromatic heterocycles. The Bertz CT molecular complexity index is 168. The molecule has 0 aliphatic rings. The fourth-order valence-corrected chi connectivity index (χ4v) is 0.519. The van der Waals surface area contributed by atoms with Gasteiger partial charge in [-0.15, -0.1) is 0 Å². The van der Waals surface area contributed by atoms with Crippen LogP contribution in [0, 0.1) is 0 Å². The maximum absolute atomic E-state index is 10.3. The van der Waals surface area contributed by atoms with Crippen molar-refractivity contribution in [2.24, 2.45) is 0 Å². The summed E-state index contributed by atoms with van der Waals surface area (Å²) in [6.45, 7) is 1.19. The second-order valence-corrected chi connectivity index (χ2v) is 1.99. The van der Waals surface area contributed by atoms with Gasteiger partial charge in [0.25, 0.3) is 0 Å². The van der Waals surface area contributed by atoms with E-state index in [9.17, 15) is 14.4 Å². The van der Waals surface area contributed by atoms with Crippen LogP contribution in [-0.4, -0.2) is 35.7 Å². The maximum Gasteiger partial charge on any atom is 0.217 e. The Kier molecular flexibility index (Phi) is 4.05. The molecule has 0 spiro atoms. The topological polar surface area (TPSA) is 83.5 Å². The van der Waals surface area contributed by atoms with Crippen molar-refractivity contribution < 1.29 is 19.5 Å². The van der Waals surface area contributed by atoms with Gasteiger partial charge in [-0.1, -0.05) is 0 Å². The fraction of sp³-hybridized carbons (Fsp3) is 0.500. The van der Waals surface area contributed by atoms with Crippen LogP contribution < -0.4 is 5.32 Å². The number of nitrogens with one attached hydrogen (secondary N) is 1. The van der Waals surface area contributed by atoms with Crippen molar-refractivity contribution in [2.75, 3.05) is 0 Å². The van der Waals surface area contributed by atoms with Gasteiger partial charge >= 0.3 is 0 Å². The van der Waals surface area contributed by atoms with Gasteiger partial charge in [0.1, 0.15) is 18.4 Å². The highest BCUT2D eigenvalue weighted by Crippen LogP contribution is 1.85. The van der Waals surface area contributed by atoms with Gasteiger partial charge in [-0.05, 0) is 0 Å². The lowest BCUT2D eigenvalue weighted by Gasteiger charge is -2.11. The van der Waals surface area contributed by atoms with E-state index in [1.54, 1.807) is 0 Å². The minimum Gasteiger partial charge on any atom is -0.383 e. The largest absolute Gasteiger partial charge is 0.383 e. The number of rotatable bonds is 4. The minimum atomic E-state index is -1.46. The van der Waals surface area contributed by atoms with E-state index in [-0.39, 0.29) is 6.29 Å². The van der Waals surface area contributed by atoms with Gasteiger partial charge < -0.3 is 20.0 Å². The monoisotopic (exact) mass is 159 g/mol. The summed E-state index contributed by atoms with van der Waals surface area (Å²) in [6, 6.07) is -1.13. The molecule has 0 heterocycles. The average Bonchev–Trinajstić information content (AvgIpc) is 1.98. The van der Waals surface area contributed by atoms with Gasteiger partial charge in [0, 0.05) is 6.92 Å². The molecule has 62 valence electrons. The van der Waals surface area contributed by atoms with Crippen molar-refractivity contribution in [3.63, 3.8) is 0 Å². The summed E-state index contributed by atoms with van der Waals surface area (Å²) in [5, 5.41) is 10.8. The highest BCUT2D eigenvalue weighted by molar-refractivity contribution is 5.80. The maximum atomic E-state index is 10.3. The average molecular weight is 159 g/mol. The van der Waals surface area contributed by atoms with Crippen molar-refractivity contribution in [3.05, 3.63) is 0 Å². The second kappa shape index (κ2) is 4.56. The number of carbonyl (C=O) groups is 3. The summed E-state index contributed by atoms with van der Waals surface area (Å²) in [6.07, 6.45) is -0.966. The molecule has 2 unspecified atom stereocenters. The van der Waals surface area contributed by atoms with Gasteiger partial charge in [0.2, 0.25) is 5.91 Å². The molecule has 0 rings (SSSR count). The van der Waals surface area contributed by atoms with Crippen molar-refractivity contribution in [3.8, 4) is 0 Å². The van der Waals surface area contributed by atoms with Crippen molar-refractivity contribution in [1.29, 1.82) is 0 Å². The summed E-state index contributed by atoms with van der Waals surface area (Å²) in [5.74, 6) is -0.469. The van der Waals surface area contributed by atoms with Gasteiger partial charge in [-0.3, -0.25) is 4.79 Å². The van der Waals surface area contributed by atoms with E-state index in [2.05, 4.69) is 5.32 Å². The fourth-order valence-electron chi connectivity index (χ4n) is 0.519. The van der Waals surface area contributed by atoms with Crippen LogP contribution in [0.2, 0.25) is 0 Å². The highest BCUT2D eigenvalue weighted by atomic mass is 16.3. The van der Waals surface area contributed by atoms with Gasteiger partial charge in [0.15, 0.2) is 6.29 Å². The molecule has 0 aromatic rings. The molecule has 0 bridgehead atoms. The first kappa shape index (κ1) is 9.77. The van der Waals surface area contributed by atoms with Crippen molar-refractivity contribution >= 4 is 18.5 Å². The molecule has 1 amide bonds. The summed E-state index contributed by atoms with van der Waals surface area (Å²) in [5.41, 5.74) is 0. The highest BCUT2D eigenvalue weighted by Gasteiger charge is 2.17. The van der Waals surface area contributed by atoms with Crippen molar-refractivity contribution in [1.82, 2.24) is 5.32 Å². The number of aliphatic hydroxyl groups excluding tert-OH is 1. The first-order chi connectivity index (χ1) is 5.11. The number of carbonyl (C=O) groups excluding carboxylic acids is 3. The first-order valence-corrected chi connectivity index (χ1v) is 2.97. The molecule has 2 N–H and O–H groups in total. The standard InChI is InChI=1S/C6H9NO4/c1-4(10)7-5(2-8)6(11)3-9/h2-3,5-6,11H,1H3,(H,7,10). The number of aliphatic hydroxyl groups is 1. The number of hydrogen-bond donors (Lipinski definition) is 2. The predicted octanol–water partition coefficient (Wildman–Crippen LogP) is -1.75. The first-order valence-electron chi connectivity index (χ1n) is 2.97. The predicted molar refractivity (Wildman–Crippen MR) is 35.7 cm³/mol. The van der Waals surface area contributed by atoms with Crippen LogP contribution >= 0.6 is 0 Å². The van der Waals surface area contributed by atoms with Crippen LogP contribution in [0.3, 0.4) is 0 Å². The molecule has 0 fully saturated rings. The van der Waals surface area contributed by atoms with E-state index >= 15 is 0 Å². The van der Waals surface area contributed by atoms with Crippen LogP contribution in [0.15, 0.2) is 0 Å². The van der Waals surface area contributed by atoms with E-state index in [4.69, 9.17) is 5.11 Å². The van der Waals surface area contributed by atoms with Crippen LogP contribution in [0.1, 0.15) is 6.92 Å². The molecule has 5 heteroatoms. The van der Waals surface area contributed by atoms with Crippen molar-refractivity contribution in [2.45, 2.75) is 19.1 Å². The van der Waals surface area contributed by atoms with Gasteiger partial charge in [-0.25, -0.2) is 0 Å². The molecule has 0 aliphatic heterocycles. The van der Waals surface area contributed by atoms with E-state index in [0.717, 1.165) is 0 Å². The molecule has 0 radical (unpaired) electrons. The molecule has 2 atom stereocenters. The molecular weight excluding hydrogens is 150 g/mol. The smallest absolute Gasteiger partial charge is 0.217 e. The molecule has 0 saturated carbocycles. The Morgan fingerprint density at radius 1 is 1.45 bits per heavy atom. The van der Waals surface area contributed by atoms with Crippen LogP contribution in [-0.2, 0) is 14.4 Å². The Morgan fingerprint density at radius 3 is 2.27 bits per heavy atom. The number of hydrogen-bond acceptors (Lipinski definition) is 4. The summed E-state index contributed by atoms with van der Waals surface area (Å²) in [7, 11) is 0. The second-order valence-electron chi connectivity index (χ2n) is 1.99. The minimum absolute atomic E-state index is 0.189. The molecule has 11 heavy (non-hydrogen) atoms. The third-order valence-electron chi connectivity index (χ3n) is 1.02. The van der Waals surface area contributed by atoms with Crippen LogP contribution in [0.25, 0.3) is 0 Å². The molecule has 0 saturated heterocycles. The Balaban J connectivity index is 4.04. The molecule has 0 aromatic carbocycles. The Hall–Kier alpha value is -1.23. The van der Waals surface area contributed by atoms with E-state index in [1.807, 2.05) is 0 Å². The third kappa shape index (κ3) is 3.47. The Morgan fingerprint density at radius 2 is 2.00 bits per heavy atom. The lowest BCUT2D eigenvalue weighted by Crippen LogP contribution is -2.44. The lowest BCUT2D eigenvalue weighted by atomic mass is 10.2. The summed E-state index contributed by atoms with van der Waals surface area (Å²) in [4.78, 5) is 30.4. The zero-order valence-electron chi connectivity index (χ0n) is 5.98. The van der Waals surface area contributed by atoms with E-state index < -0.39 is 18.1 Å².